The first kappa shape index (κ1) is 17.7. The largest absolute Gasteiger partial charge is 0.394 e. The first-order valence-corrected chi connectivity index (χ1v) is 9.00. The molecule has 0 saturated heterocycles. The fourth-order valence-corrected chi connectivity index (χ4v) is 4.87. The molecule has 2 fully saturated rings. The third-order valence-corrected chi connectivity index (χ3v) is 5.53. The van der Waals surface area contributed by atoms with Crippen LogP contribution in [0.2, 0.25) is 0 Å². The number of aliphatic hydroxyl groups is 1. The van der Waals surface area contributed by atoms with E-state index in [0.29, 0.717) is 26.2 Å². The van der Waals surface area contributed by atoms with Gasteiger partial charge in [0.15, 0.2) is 0 Å². The summed E-state index contributed by atoms with van der Waals surface area (Å²) >= 11 is 0. The van der Waals surface area contributed by atoms with Crippen LogP contribution in [0.3, 0.4) is 0 Å². The summed E-state index contributed by atoms with van der Waals surface area (Å²) in [4.78, 5) is 12.2. The van der Waals surface area contributed by atoms with E-state index >= 15 is 0 Å². The lowest BCUT2D eigenvalue weighted by Gasteiger charge is -2.47. The first-order chi connectivity index (χ1) is 10.5. The minimum atomic E-state index is 0.0353. The summed E-state index contributed by atoms with van der Waals surface area (Å²) in [6.07, 6.45) is 8.54. The van der Waals surface area contributed by atoms with E-state index in [1.807, 2.05) is 0 Å². The summed E-state index contributed by atoms with van der Waals surface area (Å²) in [6.45, 7) is 6.02. The highest BCUT2D eigenvalue weighted by molar-refractivity contribution is 5.76. The molecule has 2 saturated carbocycles. The Morgan fingerprint density at radius 1 is 1.23 bits per heavy atom. The predicted molar refractivity (Wildman–Crippen MR) is 87.5 cm³/mol. The molecule has 2 bridgehead atoms. The van der Waals surface area contributed by atoms with E-state index < -0.39 is 0 Å². The number of carbonyl (C=O) groups is 1. The SMILES string of the molecule is CCC1CC2CC(C1)CC(C)(CC(=O)NCCOCCO)C2. The molecule has 2 aliphatic carbocycles. The van der Waals surface area contributed by atoms with Gasteiger partial charge >= 0.3 is 0 Å². The Kier molecular flexibility index (Phi) is 6.69. The standard InChI is InChI=1S/C18H33NO3/c1-3-14-8-15-10-16(9-14)12-18(2,11-15)13-17(21)19-4-6-22-7-5-20/h14-16,20H,3-13H2,1-2H3,(H,19,21). The molecule has 2 rings (SSSR count). The lowest BCUT2D eigenvalue weighted by molar-refractivity contribution is -0.125. The maximum absolute atomic E-state index is 12.2. The zero-order valence-corrected chi connectivity index (χ0v) is 14.3. The Hall–Kier alpha value is -0.610. The minimum Gasteiger partial charge on any atom is -0.394 e. The zero-order chi connectivity index (χ0) is 16.0. The number of amides is 1. The molecule has 4 nitrogen and oxygen atoms in total. The molecule has 0 aromatic rings. The van der Waals surface area contributed by atoms with Gasteiger partial charge in [0, 0.05) is 13.0 Å². The van der Waals surface area contributed by atoms with Gasteiger partial charge in [0.2, 0.25) is 5.91 Å². The average molecular weight is 311 g/mol. The van der Waals surface area contributed by atoms with Crippen molar-refractivity contribution in [2.24, 2.45) is 23.2 Å². The monoisotopic (exact) mass is 311 g/mol. The quantitative estimate of drug-likeness (QED) is 0.678. The van der Waals surface area contributed by atoms with Gasteiger partial charge < -0.3 is 15.2 Å². The van der Waals surface area contributed by atoms with Crippen LogP contribution >= 0.6 is 0 Å². The number of rotatable bonds is 8. The molecule has 2 unspecified atom stereocenters. The number of aliphatic hydroxyl groups excluding tert-OH is 1. The van der Waals surface area contributed by atoms with Crippen molar-refractivity contribution in [3.05, 3.63) is 0 Å². The van der Waals surface area contributed by atoms with Gasteiger partial charge in [-0.2, -0.15) is 0 Å². The van der Waals surface area contributed by atoms with E-state index in [1.165, 1.54) is 38.5 Å². The molecule has 4 heteroatoms. The molecule has 2 atom stereocenters. The summed E-state index contributed by atoms with van der Waals surface area (Å²) in [5, 5.41) is 11.6. The highest BCUT2D eigenvalue weighted by Gasteiger charge is 2.42. The third kappa shape index (κ3) is 5.24. The van der Waals surface area contributed by atoms with E-state index in [0.717, 1.165) is 17.8 Å². The van der Waals surface area contributed by atoms with Crippen LogP contribution in [-0.2, 0) is 9.53 Å². The average Bonchev–Trinajstić information content (AvgIpc) is 2.45. The van der Waals surface area contributed by atoms with Gasteiger partial charge in [-0.3, -0.25) is 4.79 Å². The summed E-state index contributed by atoms with van der Waals surface area (Å²) in [5.74, 6) is 2.75. The Bertz CT molecular complexity index is 344. The maximum Gasteiger partial charge on any atom is 0.220 e. The smallest absolute Gasteiger partial charge is 0.220 e. The van der Waals surface area contributed by atoms with Crippen molar-refractivity contribution in [3.8, 4) is 0 Å². The second kappa shape index (κ2) is 8.30. The molecule has 1 amide bonds. The number of nitrogens with one attached hydrogen (secondary N) is 1. The normalized spacial score (nSPS) is 34.4. The van der Waals surface area contributed by atoms with Crippen LogP contribution in [0.1, 0.15) is 58.8 Å². The molecule has 2 N–H and O–H groups in total. The third-order valence-electron chi connectivity index (χ3n) is 5.53. The van der Waals surface area contributed by atoms with E-state index in [9.17, 15) is 4.79 Å². The van der Waals surface area contributed by atoms with E-state index in [2.05, 4.69) is 19.2 Å². The topological polar surface area (TPSA) is 58.6 Å². The van der Waals surface area contributed by atoms with Gasteiger partial charge in [-0.15, -0.1) is 0 Å². The lowest BCUT2D eigenvalue weighted by Crippen LogP contribution is -2.40. The summed E-state index contributed by atoms with van der Waals surface area (Å²) in [7, 11) is 0. The Morgan fingerprint density at radius 3 is 2.50 bits per heavy atom. The van der Waals surface area contributed by atoms with E-state index in [1.54, 1.807) is 0 Å². The van der Waals surface area contributed by atoms with Crippen molar-refractivity contribution >= 4 is 5.91 Å². The molecule has 0 aliphatic heterocycles. The highest BCUT2D eigenvalue weighted by atomic mass is 16.5. The van der Waals surface area contributed by atoms with Crippen molar-refractivity contribution in [1.82, 2.24) is 5.32 Å². The summed E-state index contributed by atoms with van der Waals surface area (Å²) < 4.78 is 5.17. The van der Waals surface area contributed by atoms with Gasteiger partial charge in [-0.05, 0) is 55.3 Å². The van der Waals surface area contributed by atoms with Crippen molar-refractivity contribution in [1.29, 1.82) is 0 Å². The maximum atomic E-state index is 12.2. The number of hydrogen-bond donors (Lipinski definition) is 2. The number of carbonyl (C=O) groups excluding carboxylic acids is 1. The Morgan fingerprint density at radius 2 is 1.91 bits per heavy atom. The first-order valence-electron chi connectivity index (χ1n) is 9.00. The minimum absolute atomic E-state index is 0.0353. The van der Waals surface area contributed by atoms with Crippen molar-refractivity contribution in [2.45, 2.75) is 58.8 Å². The molecule has 0 heterocycles. The predicted octanol–water partition coefficient (Wildman–Crippen LogP) is 2.74. The van der Waals surface area contributed by atoms with Crippen molar-refractivity contribution in [3.63, 3.8) is 0 Å². The van der Waals surface area contributed by atoms with Gasteiger partial charge in [-0.1, -0.05) is 20.3 Å². The van der Waals surface area contributed by atoms with Crippen LogP contribution in [0.5, 0.6) is 0 Å². The highest BCUT2D eigenvalue weighted by Crippen LogP contribution is 2.52. The second-order valence-corrected chi connectivity index (χ2v) is 7.80. The fraction of sp³-hybridized carbons (Fsp3) is 0.944. The molecular formula is C18H33NO3. The molecule has 0 spiro atoms. The van der Waals surface area contributed by atoms with Crippen LogP contribution in [0.25, 0.3) is 0 Å². The summed E-state index contributed by atoms with van der Waals surface area (Å²) in [6, 6.07) is 0. The van der Waals surface area contributed by atoms with Crippen LogP contribution in [0.4, 0.5) is 0 Å². The van der Waals surface area contributed by atoms with Crippen LogP contribution in [-0.4, -0.2) is 37.4 Å². The van der Waals surface area contributed by atoms with Gasteiger partial charge in [-0.25, -0.2) is 0 Å². The van der Waals surface area contributed by atoms with Gasteiger partial charge in [0.1, 0.15) is 0 Å². The molecule has 0 radical (unpaired) electrons. The molecule has 22 heavy (non-hydrogen) atoms. The molecular weight excluding hydrogens is 278 g/mol. The molecule has 0 aromatic heterocycles. The molecule has 128 valence electrons. The molecule has 2 aliphatic rings. The number of ether oxygens (including phenoxy) is 1. The second-order valence-electron chi connectivity index (χ2n) is 7.80. The van der Waals surface area contributed by atoms with E-state index in [-0.39, 0.29) is 17.9 Å². The number of fused-ring (bicyclic) bond motifs is 2. The van der Waals surface area contributed by atoms with Gasteiger partial charge in [0.25, 0.3) is 0 Å². The van der Waals surface area contributed by atoms with Crippen molar-refractivity contribution < 1.29 is 14.6 Å². The van der Waals surface area contributed by atoms with Crippen LogP contribution in [0.15, 0.2) is 0 Å². The Labute approximate surface area is 135 Å². The fourth-order valence-electron chi connectivity index (χ4n) is 4.87. The lowest BCUT2D eigenvalue weighted by atomic mass is 9.58. The molecule has 0 aromatic carbocycles. The van der Waals surface area contributed by atoms with Crippen LogP contribution < -0.4 is 5.32 Å². The van der Waals surface area contributed by atoms with Crippen molar-refractivity contribution in [2.75, 3.05) is 26.4 Å². The summed E-state index contributed by atoms with van der Waals surface area (Å²) in [5.41, 5.74) is 0.183. The Balaban J connectivity index is 1.74. The van der Waals surface area contributed by atoms with E-state index in [4.69, 9.17) is 9.84 Å². The zero-order valence-electron chi connectivity index (χ0n) is 14.3. The van der Waals surface area contributed by atoms with Crippen LogP contribution in [0, 0.1) is 23.2 Å². The number of hydrogen-bond acceptors (Lipinski definition) is 3. The van der Waals surface area contributed by atoms with Gasteiger partial charge in [0.05, 0.1) is 19.8 Å².